The van der Waals surface area contributed by atoms with E-state index in [1.165, 1.54) is 27.0 Å². The number of allylic oxidation sites excluding steroid dienone is 4. The van der Waals surface area contributed by atoms with Crippen LogP contribution >= 0.6 is 22.7 Å². The van der Waals surface area contributed by atoms with E-state index in [0.29, 0.717) is 19.3 Å². The third kappa shape index (κ3) is 4.68. The van der Waals surface area contributed by atoms with Crippen molar-refractivity contribution in [1.29, 1.82) is 0 Å². The smallest absolute Gasteiger partial charge is 0.252 e. The summed E-state index contributed by atoms with van der Waals surface area (Å²) in [5.74, 6) is 0.165. The Balaban J connectivity index is 1.15. The van der Waals surface area contributed by atoms with Gasteiger partial charge in [0.2, 0.25) is 0 Å². The Labute approximate surface area is 314 Å². The number of benzene rings is 2. The normalized spacial score (nSPS) is 36.4. The molecule has 4 aromatic rings. The molecule has 2 bridgehead atoms. The van der Waals surface area contributed by atoms with Gasteiger partial charge in [-0.05, 0) is 109 Å². The first-order valence-corrected chi connectivity index (χ1v) is 21.9. The molecule has 0 saturated heterocycles. The lowest BCUT2D eigenvalue weighted by molar-refractivity contribution is -0.173. The summed E-state index contributed by atoms with van der Waals surface area (Å²) in [5, 5.41) is 28.1. The summed E-state index contributed by atoms with van der Waals surface area (Å²) in [6.07, 6.45) is 11.4. The van der Waals surface area contributed by atoms with Gasteiger partial charge in [-0.15, -0.1) is 22.7 Å². The zero-order chi connectivity index (χ0) is 36.3. The number of carbonyl (C=O) groups is 1. The summed E-state index contributed by atoms with van der Waals surface area (Å²) < 4.78 is 30.9. The quantitative estimate of drug-likeness (QED) is 0.139. The second-order valence-corrected chi connectivity index (χ2v) is 21.3. The van der Waals surface area contributed by atoms with E-state index in [1.807, 2.05) is 61.5 Å². The maximum Gasteiger partial charge on any atom is 0.252 e. The predicted molar refractivity (Wildman–Crippen MR) is 208 cm³/mol. The molecule has 1 unspecified atom stereocenters. The van der Waals surface area contributed by atoms with Gasteiger partial charge in [0, 0.05) is 39.8 Å². The number of nitrogens with zero attached hydrogens (tertiary/aromatic N) is 1. The zero-order valence-corrected chi connectivity index (χ0v) is 32.5. The number of aryl methyl sites for hydroxylation is 1. The van der Waals surface area contributed by atoms with Crippen LogP contribution < -0.4 is 0 Å². The van der Waals surface area contributed by atoms with Gasteiger partial charge in [0.1, 0.15) is 4.21 Å². The largest absolute Gasteiger partial charge is 0.393 e. The van der Waals surface area contributed by atoms with E-state index >= 15 is 0 Å². The van der Waals surface area contributed by atoms with Gasteiger partial charge in [-0.1, -0.05) is 80.6 Å². The van der Waals surface area contributed by atoms with Crippen LogP contribution in [0.5, 0.6) is 0 Å². The minimum atomic E-state index is -3.95. The van der Waals surface area contributed by atoms with E-state index in [-0.39, 0.29) is 40.3 Å². The molecule has 0 aliphatic heterocycles. The molecule has 6 aliphatic rings. The van der Waals surface area contributed by atoms with Gasteiger partial charge >= 0.3 is 0 Å². The summed E-state index contributed by atoms with van der Waals surface area (Å²) in [7, 11) is -3.95. The number of fused-ring (bicyclic) bond motifs is 2. The number of thiophene rings is 2. The maximum atomic E-state index is 14.8. The molecule has 2 heterocycles. The minimum Gasteiger partial charge on any atom is -0.393 e. The molecule has 2 spiro atoms. The fraction of sp³-hybridized carbons (Fsp3) is 0.465. The maximum absolute atomic E-state index is 14.8. The summed E-state index contributed by atoms with van der Waals surface area (Å²) in [4.78, 5) is 16.6. The van der Waals surface area contributed by atoms with Crippen LogP contribution in [0.15, 0.2) is 100 Å². The SMILES string of the molecule is Cc1ccc(C(=O)C2=C[C@@]34C=C[C@@]25[C@@H]2CC[C@@](O)(CN(Cc6cccc7ccccc67)S(=O)(=O)c6cccs6)[C@@]2(C)CC[C@@H]5[C@@]3(C)CCC(O)C4)s1. The van der Waals surface area contributed by atoms with E-state index < -0.39 is 38.0 Å². The molecule has 0 radical (unpaired) electrons. The second kappa shape index (κ2) is 11.8. The number of carbonyl (C=O) groups excluding carboxylic acids is 1. The first-order chi connectivity index (χ1) is 24.8. The van der Waals surface area contributed by atoms with Crippen molar-refractivity contribution in [1.82, 2.24) is 4.31 Å². The zero-order valence-electron chi connectivity index (χ0n) is 30.0. The summed E-state index contributed by atoms with van der Waals surface area (Å²) in [6.45, 7) is 6.71. The topological polar surface area (TPSA) is 94.9 Å². The number of sulfonamides is 1. The van der Waals surface area contributed by atoms with Crippen molar-refractivity contribution in [2.45, 2.75) is 88.2 Å². The second-order valence-electron chi connectivity index (χ2n) is 16.9. The van der Waals surface area contributed by atoms with Crippen LogP contribution in [0, 0.1) is 40.4 Å². The summed E-state index contributed by atoms with van der Waals surface area (Å²) >= 11 is 2.73. The van der Waals surface area contributed by atoms with Gasteiger partial charge in [-0.3, -0.25) is 4.79 Å². The molecule has 3 fully saturated rings. The molecule has 9 heteroatoms. The van der Waals surface area contributed by atoms with Crippen LogP contribution in [0.25, 0.3) is 10.8 Å². The number of Topliss-reactive ketones (excluding diaryl/α,β-unsaturated/α-hetero) is 1. The van der Waals surface area contributed by atoms with E-state index in [9.17, 15) is 23.4 Å². The van der Waals surface area contributed by atoms with Crippen LogP contribution in [0.4, 0.5) is 0 Å². The number of rotatable bonds is 8. The predicted octanol–water partition coefficient (Wildman–Crippen LogP) is 8.94. The Morgan fingerprint density at radius 2 is 1.65 bits per heavy atom. The number of aliphatic hydroxyl groups excluding tert-OH is 1. The molecular weight excluding hydrogens is 707 g/mol. The molecular formula is C43H47NO5S3. The lowest BCUT2D eigenvalue weighted by Gasteiger charge is -2.71. The van der Waals surface area contributed by atoms with Crippen LogP contribution in [0.1, 0.15) is 78.9 Å². The van der Waals surface area contributed by atoms with Crippen LogP contribution in [0.3, 0.4) is 0 Å². The van der Waals surface area contributed by atoms with Crippen molar-refractivity contribution in [2.75, 3.05) is 6.54 Å². The number of aliphatic hydroxyl groups is 2. The highest BCUT2D eigenvalue weighted by Crippen LogP contribution is 2.78. The van der Waals surface area contributed by atoms with Gasteiger partial charge in [-0.2, -0.15) is 4.31 Å². The van der Waals surface area contributed by atoms with E-state index in [2.05, 4.69) is 32.1 Å². The Hall–Kier alpha value is -2.92. The third-order valence-corrected chi connectivity index (χ3v) is 18.8. The van der Waals surface area contributed by atoms with Gasteiger partial charge < -0.3 is 10.2 Å². The highest BCUT2D eigenvalue weighted by atomic mass is 32.2. The van der Waals surface area contributed by atoms with Crippen molar-refractivity contribution < 1.29 is 23.4 Å². The van der Waals surface area contributed by atoms with Gasteiger partial charge in [0.15, 0.2) is 5.78 Å². The number of ketones is 1. The molecule has 6 aliphatic carbocycles. The molecule has 2 aromatic carbocycles. The van der Waals surface area contributed by atoms with Crippen LogP contribution in [0.2, 0.25) is 0 Å². The van der Waals surface area contributed by atoms with Crippen molar-refractivity contribution in [3.8, 4) is 0 Å². The van der Waals surface area contributed by atoms with Crippen LogP contribution in [-0.4, -0.2) is 47.0 Å². The average molecular weight is 754 g/mol. The molecule has 2 N–H and O–H groups in total. The molecule has 6 nitrogen and oxygen atoms in total. The van der Waals surface area contributed by atoms with Crippen molar-refractivity contribution in [2.24, 2.45) is 33.5 Å². The number of hydrogen-bond donors (Lipinski definition) is 2. The van der Waals surface area contributed by atoms with Crippen LogP contribution in [-0.2, 0) is 16.6 Å². The molecule has 8 atom stereocenters. The Kier molecular flexibility index (Phi) is 7.89. The molecule has 2 aromatic heterocycles. The summed E-state index contributed by atoms with van der Waals surface area (Å²) in [6, 6.07) is 21.4. The lowest BCUT2D eigenvalue weighted by atomic mass is 9.32. The van der Waals surface area contributed by atoms with Gasteiger partial charge in [0.05, 0.1) is 16.6 Å². The highest BCUT2D eigenvalue weighted by molar-refractivity contribution is 7.91. The Morgan fingerprint density at radius 1 is 0.904 bits per heavy atom. The van der Waals surface area contributed by atoms with Crippen molar-refractivity contribution in [3.05, 3.63) is 111 Å². The first-order valence-electron chi connectivity index (χ1n) is 18.7. The summed E-state index contributed by atoms with van der Waals surface area (Å²) in [5.41, 5.74) is -1.41. The van der Waals surface area contributed by atoms with Crippen molar-refractivity contribution in [3.63, 3.8) is 0 Å². The number of hydrogen-bond acceptors (Lipinski definition) is 7. The molecule has 52 heavy (non-hydrogen) atoms. The van der Waals surface area contributed by atoms with E-state index in [1.54, 1.807) is 17.5 Å². The minimum absolute atomic E-state index is 0.0293. The Morgan fingerprint density at radius 3 is 2.42 bits per heavy atom. The Bertz CT molecular complexity index is 2250. The fourth-order valence-electron chi connectivity index (χ4n) is 12.0. The molecule has 3 saturated carbocycles. The molecule has 10 rings (SSSR count). The monoisotopic (exact) mass is 753 g/mol. The highest BCUT2D eigenvalue weighted by Gasteiger charge is 2.74. The van der Waals surface area contributed by atoms with Gasteiger partial charge in [0.25, 0.3) is 10.0 Å². The van der Waals surface area contributed by atoms with Gasteiger partial charge in [-0.25, -0.2) is 8.42 Å². The lowest BCUT2D eigenvalue weighted by Crippen LogP contribution is -2.67. The van der Waals surface area contributed by atoms with E-state index in [4.69, 9.17) is 0 Å². The average Bonchev–Trinajstić information content (AvgIpc) is 3.88. The van der Waals surface area contributed by atoms with Crippen molar-refractivity contribution >= 4 is 49.3 Å². The van der Waals surface area contributed by atoms with E-state index in [0.717, 1.165) is 57.3 Å². The fourth-order valence-corrected chi connectivity index (χ4v) is 15.4. The first kappa shape index (κ1) is 34.8. The third-order valence-electron chi connectivity index (χ3n) is 14.7. The molecule has 272 valence electrons. The standard InChI is InChI=1S/C43H47NO5S3/c1-28-13-14-34(51-28)38(46)33-25-41-21-22-43(33)35(39(41,2)18-15-31(45)24-41)16-19-40(3)36(43)17-20-42(40,47)27-44(52(48,49)37-12-7-23-50-37)26-30-10-6-9-29-8-4-5-11-32(29)30/h4-14,21-23,25,31,35-36,45,47H,15-20,24,26-27H2,1-3H3/t31?,35-,36-,39-,40+,41+,42-,43-/m1/s1. The molecule has 0 amide bonds.